The molecule has 2 nitrogen and oxygen atoms in total. The third-order valence-electron chi connectivity index (χ3n) is 5.06. The Labute approximate surface area is 132 Å². The minimum absolute atomic E-state index is 0.233. The Balaban J connectivity index is 1.77. The highest BCUT2D eigenvalue weighted by Gasteiger charge is 2.39. The van der Waals surface area contributed by atoms with Crippen molar-refractivity contribution in [3.63, 3.8) is 0 Å². The molecule has 2 heteroatoms. The van der Waals surface area contributed by atoms with E-state index in [1.54, 1.807) is 0 Å². The van der Waals surface area contributed by atoms with Crippen LogP contribution in [0.15, 0.2) is 42.5 Å². The molecule has 0 bridgehead atoms. The van der Waals surface area contributed by atoms with E-state index >= 15 is 0 Å². The first-order valence-electron chi connectivity index (χ1n) is 8.27. The lowest BCUT2D eigenvalue weighted by Gasteiger charge is -2.43. The second-order valence-corrected chi connectivity index (χ2v) is 6.72. The molecule has 1 N–H and O–H groups in total. The van der Waals surface area contributed by atoms with Crippen LogP contribution in [0.4, 0.5) is 5.69 Å². The van der Waals surface area contributed by atoms with Gasteiger partial charge in [0.25, 0.3) is 0 Å². The third kappa shape index (κ3) is 2.32. The van der Waals surface area contributed by atoms with Crippen molar-refractivity contribution in [3.8, 4) is 0 Å². The molecule has 2 aliphatic rings. The van der Waals surface area contributed by atoms with E-state index in [1.165, 1.54) is 34.4 Å². The average Bonchev–Trinajstić information content (AvgIpc) is 2.55. The predicted molar refractivity (Wildman–Crippen MR) is 90.1 cm³/mol. The summed E-state index contributed by atoms with van der Waals surface area (Å²) in [7, 11) is 0. The van der Waals surface area contributed by atoms with Crippen molar-refractivity contribution in [1.82, 2.24) is 0 Å². The number of ether oxygens (including phenoxy) is 1. The number of aryl methyl sites for hydroxylation is 2. The standard InChI is InChI=1S/C20H23NO/c1-13-5-8-15(9-6-13)19-16-4-3-11-22-20(16)17-12-14(2)7-10-18(17)21-19/h5-10,12,16,19-21H,3-4,11H2,1-2H3. The third-order valence-corrected chi connectivity index (χ3v) is 5.06. The lowest BCUT2D eigenvalue weighted by Crippen LogP contribution is -2.36. The van der Waals surface area contributed by atoms with Crippen molar-refractivity contribution in [1.29, 1.82) is 0 Å². The first kappa shape index (κ1) is 13.8. The first-order chi connectivity index (χ1) is 10.7. The minimum atomic E-state index is 0.233. The van der Waals surface area contributed by atoms with Crippen LogP contribution in [0.5, 0.6) is 0 Å². The highest BCUT2D eigenvalue weighted by molar-refractivity contribution is 5.58. The van der Waals surface area contributed by atoms with Gasteiger partial charge in [-0.15, -0.1) is 0 Å². The van der Waals surface area contributed by atoms with E-state index in [9.17, 15) is 0 Å². The van der Waals surface area contributed by atoms with Crippen LogP contribution in [-0.4, -0.2) is 6.61 Å². The van der Waals surface area contributed by atoms with E-state index in [0.29, 0.717) is 12.0 Å². The zero-order chi connectivity index (χ0) is 15.1. The van der Waals surface area contributed by atoms with Crippen molar-refractivity contribution in [2.75, 3.05) is 11.9 Å². The molecule has 3 atom stereocenters. The molecule has 0 saturated carbocycles. The Morgan fingerprint density at radius 2 is 1.77 bits per heavy atom. The highest BCUT2D eigenvalue weighted by atomic mass is 16.5. The van der Waals surface area contributed by atoms with Crippen LogP contribution < -0.4 is 5.32 Å². The maximum absolute atomic E-state index is 6.20. The quantitative estimate of drug-likeness (QED) is 0.804. The fourth-order valence-electron chi connectivity index (χ4n) is 3.89. The van der Waals surface area contributed by atoms with Gasteiger partial charge in [-0.1, -0.05) is 47.5 Å². The van der Waals surface area contributed by atoms with Gasteiger partial charge >= 0.3 is 0 Å². The zero-order valence-corrected chi connectivity index (χ0v) is 13.3. The van der Waals surface area contributed by atoms with Gasteiger partial charge in [0.15, 0.2) is 0 Å². The van der Waals surface area contributed by atoms with Crippen LogP contribution in [-0.2, 0) is 4.74 Å². The number of anilines is 1. The molecule has 3 unspecified atom stereocenters. The van der Waals surface area contributed by atoms with E-state index in [-0.39, 0.29) is 6.10 Å². The van der Waals surface area contributed by atoms with Crippen molar-refractivity contribution in [2.45, 2.75) is 38.8 Å². The monoisotopic (exact) mass is 293 g/mol. The van der Waals surface area contributed by atoms with E-state index in [4.69, 9.17) is 4.74 Å². The zero-order valence-electron chi connectivity index (χ0n) is 13.3. The average molecular weight is 293 g/mol. The number of hydrogen-bond acceptors (Lipinski definition) is 2. The molecule has 2 heterocycles. The van der Waals surface area contributed by atoms with Gasteiger partial charge in [0.2, 0.25) is 0 Å². The summed E-state index contributed by atoms with van der Waals surface area (Å²) < 4.78 is 6.20. The Bertz CT molecular complexity index is 677. The predicted octanol–water partition coefficient (Wildman–Crippen LogP) is 4.94. The second kappa shape index (κ2) is 5.44. The SMILES string of the molecule is Cc1ccc(C2Nc3ccc(C)cc3C3OCCCC23)cc1. The molecule has 0 aromatic heterocycles. The Kier molecular flexibility index (Phi) is 3.42. The lowest BCUT2D eigenvalue weighted by atomic mass is 9.77. The minimum Gasteiger partial charge on any atom is -0.378 e. The summed E-state index contributed by atoms with van der Waals surface area (Å²) in [5.41, 5.74) is 6.57. The summed E-state index contributed by atoms with van der Waals surface area (Å²) in [5, 5.41) is 3.78. The van der Waals surface area contributed by atoms with Gasteiger partial charge in [-0.25, -0.2) is 0 Å². The summed E-state index contributed by atoms with van der Waals surface area (Å²) in [6.45, 7) is 5.18. The molecule has 0 amide bonds. The van der Waals surface area contributed by atoms with Crippen molar-refractivity contribution in [2.24, 2.45) is 5.92 Å². The largest absolute Gasteiger partial charge is 0.378 e. The maximum Gasteiger partial charge on any atom is 0.0895 e. The number of rotatable bonds is 1. The lowest BCUT2D eigenvalue weighted by molar-refractivity contribution is -0.0381. The maximum atomic E-state index is 6.20. The van der Waals surface area contributed by atoms with E-state index < -0.39 is 0 Å². The molecule has 0 spiro atoms. The Morgan fingerprint density at radius 1 is 1.00 bits per heavy atom. The van der Waals surface area contributed by atoms with Crippen LogP contribution in [0, 0.1) is 19.8 Å². The Hall–Kier alpha value is -1.80. The number of hydrogen-bond donors (Lipinski definition) is 1. The summed E-state index contributed by atoms with van der Waals surface area (Å²) in [4.78, 5) is 0. The molecule has 22 heavy (non-hydrogen) atoms. The van der Waals surface area contributed by atoms with Crippen LogP contribution in [0.2, 0.25) is 0 Å². The van der Waals surface area contributed by atoms with Crippen molar-refractivity contribution in [3.05, 3.63) is 64.7 Å². The Morgan fingerprint density at radius 3 is 2.59 bits per heavy atom. The fourth-order valence-corrected chi connectivity index (χ4v) is 3.89. The first-order valence-corrected chi connectivity index (χ1v) is 8.27. The van der Waals surface area contributed by atoms with Gasteiger partial charge in [-0.3, -0.25) is 0 Å². The van der Waals surface area contributed by atoms with Gasteiger partial charge in [0, 0.05) is 23.8 Å². The van der Waals surface area contributed by atoms with Gasteiger partial charge < -0.3 is 10.1 Å². The summed E-state index contributed by atoms with van der Waals surface area (Å²) in [6.07, 6.45) is 2.62. The number of fused-ring (bicyclic) bond motifs is 3. The topological polar surface area (TPSA) is 21.3 Å². The second-order valence-electron chi connectivity index (χ2n) is 6.72. The molecule has 2 aromatic carbocycles. The normalized spacial score (nSPS) is 26.7. The van der Waals surface area contributed by atoms with Crippen molar-refractivity contribution < 1.29 is 4.74 Å². The van der Waals surface area contributed by atoms with Crippen molar-refractivity contribution >= 4 is 5.69 Å². The van der Waals surface area contributed by atoms with E-state index in [2.05, 4.69) is 61.6 Å². The van der Waals surface area contributed by atoms with Gasteiger partial charge in [0.1, 0.15) is 0 Å². The smallest absolute Gasteiger partial charge is 0.0895 e. The molecule has 114 valence electrons. The molecule has 1 fully saturated rings. The highest BCUT2D eigenvalue weighted by Crippen LogP contribution is 2.49. The van der Waals surface area contributed by atoms with Gasteiger partial charge in [0.05, 0.1) is 12.1 Å². The molecular formula is C20H23NO. The van der Waals surface area contributed by atoms with Crippen LogP contribution >= 0.6 is 0 Å². The molecule has 0 aliphatic carbocycles. The number of benzene rings is 2. The molecule has 2 aliphatic heterocycles. The molecule has 2 aromatic rings. The number of nitrogens with one attached hydrogen (secondary N) is 1. The van der Waals surface area contributed by atoms with Gasteiger partial charge in [-0.05, 0) is 38.3 Å². The van der Waals surface area contributed by atoms with Crippen LogP contribution in [0.25, 0.3) is 0 Å². The molecule has 0 radical (unpaired) electrons. The molecule has 1 saturated heterocycles. The van der Waals surface area contributed by atoms with E-state index in [1.807, 2.05) is 0 Å². The van der Waals surface area contributed by atoms with E-state index in [0.717, 1.165) is 13.0 Å². The molecule has 4 rings (SSSR count). The van der Waals surface area contributed by atoms with Gasteiger partial charge in [-0.2, -0.15) is 0 Å². The summed E-state index contributed by atoms with van der Waals surface area (Å²) in [5.74, 6) is 0.519. The van der Waals surface area contributed by atoms with Crippen LogP contribution in [0.1, 0.15) is 47.2 Å². The fraction of sp³-hybridized carbons (Fsp3) is 0.400. The summed E-state index contributed by atoms with van der Waals surface area (Å²) >= 11 is 0. The van der Waals surface area contributed by atoms with Crippen LogP contribution in [0.3, 0.4) is 0 Å². The summed E-state index contributed by atoms with van der Waals surface area (Å²) in [6, 6.07) is 16.0. The molecular weight excluding hydrogens is 270 g/mol.